The van der Waals surface area contributed by atoms with Crippen LogP contribution in [0.1, 0.15) is 32.8 Å². The highest BCUT2D eigenvalue weighted by Crippen LogP contribution is 2.19. The quantitative estimate of drug-likeness (QED) is 0.807. The van der Waals surface area contributed by atoms with Crippen molar-refractivity contribution < 1.29 is 8.42 Å². The SMILES string of the molecule is CC(C)(C)CCS(=O)(=O)NC(CN)Cc1ccccc1. The van der Waals surface area contributed by atoms with E-state index in [0.717, 1.165) is 5.56 Å². The van der Waals surface area contributed by atoms with Crippen LogP contribution >= 0.6 is 0 Å². The number of hydrogen-bond acceptors (Lipinski definition) is 3. The molecular formula is C15H26N2O2S. The highest BCUT2D eigenvalue weighted by Gasteiger charge is 2.20. The second-order valence-corrected chi connectivity index (χ2v) is 8.24. The summed E-state index contributed by atoms with van der Waals surface area (Å²) in [5, 5.41) is 0. The van der Waals surface area contributed by atoms with Crippen molar-refractivity contribution in [2.75, 3.05) is 12.3 Å². The summed E-state index contributed by atoms with van der Waals surface area (Å²) in [4.78, 5) is 0. The predicted octanol–water partition coefficient (Wildman–Crippen LogP) is 1.91. The third-order valence-electron chi connectivity index (χ3n) is 3.08. The van der Waals surface area contributed by atoms with Gasteiger partial charge in [-0.05, 0) is 23.8 Å². The number of nitrogens with two attached hydrogens (primary N) is 1. The van der Waals surface area contributed by atoms with Crippen LogP contribution in [0, 0.1) is 5.41 Å². The number of nitrogens with one attached hydrogen (secondary N) is 1. The molecule has 0 bridgehead atoms. The molecule has 1 aromatic carbocycles. The fourth-order valence-electron chi connectivity index (χ4n) is 1.83. The van der Waals surface area contributed by atoms with Crippen LogP contribution in [-0.2, 0) is 16.4 Å². The van der Waals surface area contributed by atoms with Crippen LogP contribution in [0.25, 0.3) is 0 Å². The van der Waals surface area contributed by atoms with Crippen LogP contribution in [0.4, 0.5) is 0 Å². The van der Waals surface area contributed by atoms with Gasteiger partial charge >= 0.3 is 0 Å². The van der Waals surface area contributed by atoms with E-state index in [2.05, 4.69) is 4.72 Å². The maximum atomic E-state index is 12.1. The summed E-state index contributed by atoms with van der Waals surface area (Å²) < 4.78 is 26.9. The Balaban J connectivity index is 2.59. The van der Waals surface area contributed by atoms with Gasteiger partial charge in [0.15, 0.2) is 0 Å². The molecule has 0 saturated carbocycles. The van der Waals surface area contributed by atoms with Crippen molar-refractivity contribution in [1.29, 1.82) is 0 Å². The summed E-state index contributed by atoms with van der Waals surface area (Å²) in [6.45, 7) is 6.40. The molecular weight excluding hydrogens is 272 g/mol. The Bertz CT molecular complexity index is 492. The Morgan fingerprint density at radius 1 is 1.20 bits per heavy atom. The molecule has 0 aliphatic heterocycles. The van der Waals surface area contributed by atoms with Gasteiger partial charge in [-0.15, -0.1) is 0 Å². The van der Waals surface area contributed by atoms with E-state index in [1.54, 1.807) is 0 Å². The van der Waals surface area contributed by atoms with Crippen LogP contribution in [0.3, 0.4) is 0 Å². The molecule has 0 aliphatic rings. The summed E-state index contributed by atoms with van der Waals surface area (Å²) >= 11 is 0. The first kappa shape index (κ1) is 17.1. The molecule has 0 spiro atoms. The predicted molar refractivity (Wildman–Crippen MR) is 84.0 cm³/mol. The summed E-state index contributed by atoms with van der Waals surface area (Å²) in [5.41, 5.74) is 6.77. The van der Waals surface area contributed by atoms with Crippen molar-refractivity contribution in [3.05, 3.63) is 35.9 Å². The van der Waals surface area contributed by atoms with Gasteiger partial charge in [0.2, 0.25) is 10.0 Å². The van der Waals surface area contributed by atoms with Gasteiger partial charge in [0.1, 0.15) is 0 Å². The van der Waals surface area contributed by atoms with Crippen LogP contribution in [0.15, 0.2) is 30.3 Å². The molecule has 0 amide bonds. The van der Waals surface area contributed by atoms with Gasteiger partial charge in [0.25, 0.3) is 0 Å². The lowest BCUT2D eigenvalue weighted by Crippen LogP contribution is -2.43. The third kappa shape index (κ3) is 7.03. The van der Waals surface area contributed by atoms with E-state index in [9.17, 15) is 8.42 Å². The largest absolute Gasteiger partial charge is 0.329 e. The van der Waals surface area contributed by atoms with Crippen molar-refractivity contribution in [3.8, 4) is 0 Å². The summed E-state index contributed by atoms with van der Waals surface area (Å²) in [5.74, 6) is 0.141. The molecule has 0 heterocycles. The number of benzene rings is 1. The first-order chi connectivity index (χ1) is 9.22. The van der Waals surface area contributed by atoms with Crippen molar-refractivity contribution in [2.45, 2.75) is 39.7 Å². The standard InChI is InChI=1S/C15H26N2O2S/c1-15(2,3)9-10-20(18,19)17-14(12-16)11-13-7-5-4-6-8-13/h4-8,14,17H,9-12,16H2,1-3H3. The van der Waals surface area contributed by atoms with Crippen LogP contribution < -0.4 is 10.5 Å². The first-order valence-electron chi connectivity index (χ1n) is 6.96. The van der Waals surface area contributed by atoms with E-state index >= 15 is 0 Å². The minimum absolute atomic E-state index is 0.00634. The van der Waals surface area contributed by atoms with Gasteiger partial charge in [0.05, 0.1) is 5.75 Å². The molecule has 3 N–H and O–H groups in total. The molecule has 1 rings (SSSR count). The molecule has 0 saturated heterocycles. The molecule has 0 radical (unpaired) electrons. The van der Waals surface area contributed by atoms with Crippen LogP contribution in [0.2, 0.25) is 0 Å². The van der Waals surface area contributed by atoms with Gasteiger partial charge in [-0.2, -0.15) is 0 Å². The van der Waals surface area contributed by atoms with E-state index in [1.807, 2.05) is 51.1 Å². The molecule has 0 aromatic heterocycles. The van der Waals surface area contributed by atoms with Gasteiger partial charge in [-0.3, -0.25) is 0 Å². The lowest BCUT2D eigenvalue weighted by Gasteiger charge is -2.21. The van der Waals surface area contributed by atoms with E-state index < -0.39 is 10.0 Å². The highest BCUT2D eigenvalue weighted by atomic mass is 32.2. The normalized spacial score (nSPS) is 14.2. The number of hydrogen-bond donors (Lipinski definition) is 2. The van der Waals surface area contributed by atoms with Crippen molar-refractivity contribution in [3.63, 3.8) is 0 Å². The van der Waals surface area contributed by atoms with Crippen molar-refractivity contribution in [2.24, 2.45) is 11.1 Å². The minimum Gasteiger partial charge on any atom is -0.329 e. The van der Waals surface area contributed by atoms with E-state index in [-0.39, 0.29) is 17.2 Å². The molecule has 4 nitrogen and oxygen atoms in total. The fraction of sp³-hybridized carbons (Fsp3) is 0.600. The Morgan fingerprint density at radius 2 is 1.80 bits per heavy atom. The second kappa shape index (κ2) is 7.20. The van der Waals surface area contributed by atoms with Gasteiger partial charge in [0, 0.05) is 12.6 Å². The van der Waals surface area contributed by atoms with Gasteiger partial charge < -0.3 is 5.73 Å². The summed E-state index contributed by atoms with van der Waals surface area (Å²) in [6.07, 6.45) is 1.25. The Morgan fingerprint density at radius 3 is 2.30 bits per heavy atom. The maximum absolute atomic E-state index is 12.1. The zero-order valence-corrected chi connectivity index (χ0v) is 13.4. The van der Waals surface area contributed by atoms with E-state index in [1.165, 1.54) is 0 Å². The smallest absolute Gasteiger partial charge is 0.211 e. The lowest BCUT2D eigenvalue weighted by molar-refractivity contribution is 0.395. The summed E-state index contributed by atoms with van der Waals surface area (Å²) in [6, 6.07) is 9.53. The van der Waals surface area contributed by atoms with Crippen molar-refractivity contribution in [1.82, 2.24) is 4.72 Å². The Labute approximate surface area is 122 Å². The maximum Gasteiger partial charge on any atom is 0.211 e. The van der Waals surface area contributed by atoms with Crippen molar-refractivity contribution >= 4 is 10.0 Å². The number of sulfonamides is 1. The molecule has 114 valence electrons. The molecule has 0 aliphatic carbocycles. The molecule has 1 atom stereocenters. The summed E-state index contributed by atoms with van der Waals surface area (Å²) in [7, 11) is -3.28. The minimum atomic E-state index is -3.28. The van der Waals surface area contributed by atoms with Crippen LogP contribution in [-0.4, -0.2) is 26.8 Å². The van der Waals surface area contributed by atoms with E-state index in [4.69, 9.17) is 5.73 Å². The monoisotopic (exact) mass is 298 g/mol. The average Bonchev–Trinajstić information content (AvgIpc) is 2.36. The first-order valence-corrected chi connectivity index (χ1v) is 8.61. The molecule has 20 heavy (non-hydrogen) atoms. The average molecular weight is 298 g/mol. The number of rotatable bonds is 7. The topological polar surface area (TPSA) is 72.2 Å². The zero-order valence-electron chi connectivity index (χ0n) is 12.6. The molecule has 1 aromatic rings. The molecule has 0 fully saturated rings. The highest BCUT2D eigenvalue weighted by molar-refractivity contribution is 7.89. The third-order valence-corrected chi connectivity index (χ3v) is 4.51. The van der Waals surface area contributed by atoms with Gasteiger partial charge in [-0.25, -0.2) is 13.1 Å². The zero-order chi connectivity index (χ0) is 15.2. The fourth-order valence-corrected chi connectivity index (χ4v) is 3.51. The van der Waals surface area contributed by atoms with Crippen LogP contribution in [0.5, 0.6) is 0 Å². The lowest BCUT2D eigenvalue weighted by atomic mass is 9.94. The van der Waals surface area contributed by atoms with E-state index in [0.29, 0.717) is 19.4 Å². The second-order valence-electron chi connectivity index (χ2n) is 6.37. The Kier molecular flexibility index (Phi) is 6.17. The Hall–Kier alpha value is -0.910. The molecule has 5 heteroatoms. The van der Waals surface area contributed by atoms with Gasteiger partial charge in [-0.1, -0.05) is 51.1 Å². The molecule has 1 unspecified atom stereocenters.